The Kier molecular flexibility index (Phi) is 5.39. The van der Waals surface area contributed by atoms with Crippen molar-refractivity contribution in [3.63, 3.8) is 0 Å². The molecule has 6 nitrogen and oxygen atoms in total. The van der Waals surface area contributed by atoms with Crippen LogP contribution in [0.25, 0.3) is 10.2 Å². The Morgan fingerprint density at radius 2 is 1.93 bits per heavy atom. The summed E-state index contributed by atoms with van der Waals surface area (Å²) in [4.78, 5) is 29.3. The van der Waals surface area contributed by atoms with Crippen LogP contribution in [0.2, 0.25) is 0 Å². The van der Waals surface area contributed by atoms with Crippen molar-refractivity contribution in [2.45, 2.75) is 20.1 Å². The number of hydrogen-bond acceptors (Lipinski definition) is 5. The molecule has 0 aliphatic rings. The standard InChI is InChI=1S/C22H19N3O3S/c1-15-4-2-5-17(12-15)14-28-18-9-7-16(8-10-18)13-24-22(27)25-21(26)19-6-3-11-23-20(19)29-25/h2-12H,13-14H2,1H3,(H,24,27). The molecule has 4 rings (SSSR count). The molecule has 0 radical (unpaired) electrons. The number of fused-ring (bicyclic) bond motifs is 1. The van der Waals surface area contributed by atoms with Crippen LogP contribution in [0, 0.1) is 6.92 Å². The molecule has 4 aromatic rings. The molecule has 0 atom stereocenters. The molecular weight excluding hydrogens is 386 g/mol. The molecule has 2 aromatic carbocycles. The Balaban J connectivity index is 1.35. The SMILES string of the molecule is Cc1cccc(COc2ccc(CNC(=O)n3sc4ncccc4c3=O)cc2)c1. The van der Waals surface area contributed by atoms with Crippen LogP contribution in [0.3, 0.4) is 0 Å². The van der Waals surface area contributed by atoms with E-state index in [-0.39, 0.29) is 5.56 Å². The van der Waals surface area contributed by atoms with Crippen LogP contribution in [0.1, 0.15) is 16.7 Å². The number of nitrogens with one attached hydrogen (secondary N) is 1. The lowest BCUT2D eigenvalue weighted by Crippen LogP contribution is -2.32. The second kappa shape index (κ2) is 8.28. The largest absolute Gasteiger partial charge is 0.489 e. The fourth-order valence-corrected chi connectivity index (χ4v) is 3.78. The van der Waals surface area contributed by atoms with Crippen molar-refractivity contribution >= 4 is 27.8 Å². The van der Waals surface area contributed by atoms with Crippen molar-refractivity contribution in [1.82, 2.24) is 14.3 Å². The Hall–Kier alpha value is -3.45. The summed E-state index contributed by atoms with van der Waals surface area (Å²) in [5.41, 5.74) is 2.87. The summed E-state index contributed by atoms with van der Waals surface area (Å²) in [5.74, 6) is 0.758. The first-order valence-electron chi connectivity index (χ1n) is 9.13. The van der Waals surface area contributed by atoms with Crippen molar-refractivity contribution in [3.05, 3.63) is 93.9 Å². The number of aromatic nitrogens is 2. The highest BCUT2D eigenvalue weighted by molar-refractivity contribution is 7.14. The summed E-state index contributed by atoms with van der Waals surface area (Å²) in [5, 5.41) is 3.21. The summed E-state index contributed by atoms with van der Waals surface area (Å²) >= 11 is 1.04. The number of benzene rings is 2. The molecule has 2 aromatic heterocycles. The normalized spacial score (nSPS) is 10.8. The lowest BCUT2D eigenvalue weighted by Gasteiger charge is -2.09. The van der Waals surface area contributed by atoms with Gasteiger partial charge in [0, 0.05) is 12.7 Å². The van der Waals surface area contributed by atoms with E-state index in [9.17, 15) is 9.59 Å². The summed E-state index contributed by atoms with van der Waals surface area (Å²) in [6.45, 7) is 2.86. The van der Waals surface area contributed by atoms with Gasteiger partial charge in [-0.25, -0.2) is 9.78 Å². The molecule has 7 heteroatoms. The fourth-order valence-electron chi connectivity index (χ4n) is 2.92. The first kappa shape index (κ1) is 18.9. The van der Waals surface area contributed by atoms with E-state index in [4.69, 9.17) is 4.74 Å². The molecule has 1 N–H and O–H groups in total. The van der Waals surface area contributed by atoms with Gasteiger partial charge in [-0.3, -0.25) is 4.79 Å². The monoisotopic (exact) mass is 405 g/mol. The third kappa shape index (κ3) is 4.35. The highest BCUT2D eigenvalue weighted by atomic mass is 32.1. The highest BCUT2D eigenvalue weighted by Gasteiger charge is 2.14. The predicted octanol–water partition coefficient (Wildman–Crippen LogP) is 4.10. The van der Waals surface area contributed by atoms with Crippen molar-refractivity contribution in [1.29, 1.82) is 0 Å². The Bertz CT molecular complexity index is 1210. The van der Waals surface area contributed by atoms with Crippen molar-refractivity contribution < 1.29 is 9.53 Å². The zero-order chi connectivity index (χ0) is 20.2. The number of nitrogens with zero attached hydrogens (tertiary/aromatic N) is 2. The van der Waals surface area contributed by atoms with Gasteiger partial charge in [-0.05, 0) is 53.8 Å². The molecule has 0 aliphatic carbocycles. The van der Waals surface area contributed by atoms with E-state index in [1.807, 2.05) is 36.4 Å². The number of aryl methyl sites for hydroxylation is 1. The molecule has 0 spiro atoms. The van der Waals surface area contributed by atoms with Crippen LogP contribution in [0.4, 0.5) is 4.79 Å². The van der Waals surface area contributed by atoms with E-state index in [0.717, 1.165) is 32.4 Å². The van der Waals surface area contributed by atoms with Crippen LogP contribution in [-0.2, 0) is 13.2 Å². The first-order chi connectivity index (χ1) is 14.1. The molecular formula is C22H19N3O3S. The zero-order valence-corrected chi connectivity index (χ0v) is 16.6. The number of rotatable bonds is 5. The van der Waals surface area contributed by atoms with Crippen LogP contribution in [-0.4, -0.2) is 15.0 Å². The highest BCUT2D eigenvalue weighted by Crippen LogP contribution is 2.15. The van der Waals surface area contributed by atoms with Crippen LogP contribution < -0.4 is 15.6 Å². The zero-order valence-electron chi connectivity index (χ0n) is 15.8. The number of carbonyl (C=O) groups is 1. The quantitative estimate of drug-likeness (QED) is 0.542. The van der Waals surface area contributed by atoms with Crippen molar-refractivity contribution in [2.75, 3.05) is 0 Å². The smallest absolute Gasteiger partial charge is 0.338 e. The average molecular weight is 405 g/mol. The molecule has 29 heavy (non-hydrogen) atoms. The topological polar surface area (TPSA) is 73.2 Å². The third-order valence-corrected chi connectivity index (χ3v) is 5.42. The molecule has 0 saturated heterocycles. The summed E-state index contributed by atoms with van der Waals surface area (Å²) < 4.78 is 6.90. The maximum atomic E-state index is 12.4. The van der Waals surface area contributed by atoms with E-state index in [1.165, 1.54) is 5.56 Å². The van der Waals surface area contributed by atoms with Crippen LogP contribution >= 0.6 is 11.5 Å². The van der Waals surface area contributed by atoms with E-state index >= 15 is 0 Å². The van der Waals surface area contributed by atoms with Gasteiger partial charge in [-0.2, -0.15) is 3.96 Å². The molecule has 0 aliphatic heterocycles. The van der Waals surface area contributed by atoms with Gasteiger partial charge in [0.25, 0.3) is 5.56 Å². The van der Waals surface area contributed by atoms with E-state index < -0.39 is 6.03 Å². The Labute approximate surface area is 171 Å². The molecule has 146 valence electrons. The van der Waals surface area contributed by atoms with Gasteiger partial charge in [0.05, 0.1) is 5.39 Å². The third-order valence-electron chi connectivity index (χ3n) is 4.40. The first-order valence-corrected chi connectivity index (χ1v) is 9.90. The number of amides is 1. The van der Waals surface area contributed by atoms with E-state index in [2.05, 4.69) is 29.4 Å². The maximum Gasteiger partial charge on any atom is 0.338 e. The molecule has 0 bridgehead atoms. The van der Waals surface area contributed by atoms with Gasteiger partial charge in [0.15, 0.2) is 0 Å². The molecule has 0 unspecified atom stereocenters. The summed E-state index contributed by atoms with van der Waals surface area (Å²) in [6, 6.07) is 18.6. The molecule has 0 fully saturated rings. The van der Waals surface area contributed by atoms with Gasteiger partial charge >= 0.3 is 6.03 Å². The van der Waals surface area contributed by atoms with Crippen molar-refractivity contribution in [2.24, 2.45) is 0 Å². The molecule has 0 saturated carbocycles. The number of hydrogen-bond donors (Lipinski definition) is 1. The second-order valence-corrected chi connectivity index (χ2v) is 7.56. The fraction of sp³-hybridized carbons (Fsp3) is 0.136. The van der Waals surface area contributed by atoms with Crippen molar-refractivity contribution in [3.8, 4) is 5.75 Å². The van der Waals surface area contributed by atoms with Gasteiger partial charge in [-0.1, -0.05) is 42.0 Å². The van der Waals surface area contributed by atoms with Crippen LogP contribution in [0.15, 0.2) is 71.7 Å². The molecule has 2 heterocycles. The summed E-state index contributed by atoms with van der Waals surface area (Å²) in [7, 11) is 0. The summed E-state index contributed by atoms with van der Waals surface area (Å²) in [6.07, 6.45) is 1.60. The minimum Gasteiger partial charge on any atom is -0.489 e. The van der Waals surface area contributed by atoms with E-state index in [1.54, 1.807) is 18.3 Å². The number of pyridine rings is 1. The molecule has 1 amide bonds. The van der Waals surface area contributed by atoms with E-state index in [0.29, 0.717) is 23.4 Å². The second-order valence-electron chi connectivity index (χ2n) is 6.63. The number of ether oxygens (including phenoxy) is 1. The van der Waals surface area contributed by atoms with Crippen LogP contribution in [0.5, 0.6) is 5.75 Å². The average Bonchev–Trinajstić information content (AvgIpc) is 3.08. The maximum absolute atomic E-state index is 12.4. The Morgan fingerprint density at radius 1 is 1.10 bits per heavy atom. The predicted molar refractivity (Wildman–Crippen MR) is 113 cm³/mol. The Morgan fingerprint density at radius 3 is 2.69 bits per heavy atom. The van der Waals surface area contributed by atoms with Gasteiger partial charge in [0.2, 0.25) is 0 Å². The minimum absolute atomic E-state index is 0.311. The number of carbonyl (C=O) groups excluding carboxylic acids is 1. The van der Waals surface area contributed by atoms with Gasteiger partial charge < -0.3 is 10.1 Å². The van der Waals surface area contributed by atoms with Gasteiger partial charge in [-0.15, -0.1) is 0 Å². The lowest BCUT2D eigenvalue weighted by molar-refractivity contribution is 0.243. The lowest BCUT2D eigenvalue weighted by atomic mass is 10.1. The van der Waals surface area contributed by atoms with Gasteiger partial charge in [0.1, 0.15) is 17.2 Å². The minimum atomic E-state index is -0.460.